The van der Waals surface area contributed by atoms with E-state index < -0.39 is 28.0 Å². The molecule has 0 spiro atoms. The molecule has 1 saturated carbocycles. The SMILES string of the molecule is COc1ccc(NC(=O)c2cc(NC(=O)C3[C@@H](c4cc(Cl)cc(Cl)c4)C3(Cl)Cl)ccc2Cl)cc1. The first-order valence-electron chi connectivity index (χ1n) is 10.00. The highest BCUT2D eigenvalue weighted by atomic mass is 35.5. The first-order chi connectivity index (χ1) is 16.1. The van der Waals surface area contributed by atoms with Crippen LogP contribution in [0.2, 0.25) is 15.1 Å². The van der Waals surface area contributed by atoms with Gasteiger partial charge in [-0.25, -0.2) is 0 Å². The van der Waals surface area contributed by atoms with Crippen LogP contribution >= 0.6 is 58.0 Å². The second-order valence-electron chi connectivity index (χ2n) is 7.70. The van der Waals surface area contributed by atoms with Crippen LogP contribution in [0.4, 0.5) is 11.4 Å². The lowest BCUT2D eigenvalue weighted by Gasteiger charge is -2.11. The number of carbonyl (C=O) groups excluding carboxylic acids is 2. The predicted octanol–water partition coefficient (Wildman–Crippen LogP) is 7.43. The van der Waals surface area contributed by atoms with Crippen molar-refractivity contribution in [2.45, 2.75) is 10.3 Å². The summed E-state index contributed by atoms with van der Waals surface area (Å²) >= 11 is 31.2. The summed E-state index contributed by atoms with van der Waals surface area (Å²) < 4.78 is 3.79. The number of rotatable bonds is 6. The molecule has 0 saturated heterocycles. The van der Waals surface area contributed by atoms with Gasteiger partial charge >= 0.3 is 0 Å². The maximum absolute atomic E-state index is 13.0. The Labute approximate surface area is 221 Å². The number of halogens is 5. The number of ether oxygens (including phenoxy) is 1. The fourth-order valence-electron chi connectivity index (χ4n) is 3.69. The predicted molar refractivity (Wildman–Crippen MR) is 138 cm³/mol. The van der Waals surface area contributed by atoms with E-state index in [0.717, 1.165) is 0 Å². The molecule has 0 aliphatic heterocycles. The zero-order valence-electron chi connectivity index (χ0n) is 17.5. The van der Waals surface area contributed by atoms with E-state index in [-0.39, 0.29) is 10.6 Å². The van der Waals surface area contributed by atoms with E-state index in [1.54, 1.807) is 55.6 Å². The number of methoxy groups -OCH3 is 1. The number of amides is 2. The lowest BCUT2D eigenvalue weighted by molar-refractivity contribution is -0.117. The topological polar surface area (TPSA) is 67.4 Å². The Balaban J connectivity index is 1.49. The molecule has 4 rings (SSSR count). The Morgan fingerprint density at radius 3 is 2.09 bits per heavy atom. The van der Waals surface area contributed by atoms with Gasteiger partial charge in [-0.05, 0) is 66.2 Å². The summed E-state index contributed by atoms with van der Waals surface area (Å²) in [4.78, 5) is 25.7. The standard InChI is InChI=1S/C24H17Cl5N2O3/c1-34-17-5-2-15(3-6-17)30-22(32)18-11-16(4-7-19(18)27)31-23(33)21-20(24(21,28)29)12-8-13(25)10-14(26)9-12/h2-11,20-21H,1H3,(H,30,32)(H,31,33)/t20-,21?/m1/s1. The second kappa shape index (κ2) is 9.84. The van der Waals surface area contributed by atoms with E-state index in [4.69, 9.17) is 62.7 Å². The Morgan fingerprint density at radius 1 is 0.853 bits per heavy atom. The number of nitrogens with one attached hydrogen (secondary N) is 2. The molecule has 0 bridgehead atoms. The van der Waals surface area contributed by atoms with Crippen molar-refractivity contribution in [3.63, 3.8) is 0 Å². The average molecular weight is 559 g/mol. The third-order valence-corrected chi connectivity index (χ3v) is 7.11. The van der Waals surface area contributed by atoms with Crippen molar-refractivity contribution in [2.75, 3.05) is 17.7 Å². The van der Waals surface area contributed by atoms with Gasteiger partial charge in [0.1, 0.15) is 10.1 Å². The van der Waals surface area contributed by atoms with E-state index in [0.29, 0.717) is 32.7 Å². The number of hydrogen-bond donors (Lipinski definition) is 2. The number of anilines is 2. The smallest absolute Gasteiger partial charge is 0.257 e. The molecule has 176 valence electrons. The van der Waals surface area contributed by atoms with Crippen LogP contribution in [0.25, 0.3) is 0 Å². The van der Waals surface area contributed by atoms with E-state index in [1.165, 1.54) is 12.1 Å². The summed E-state index contributed by atoms with van der Waals surface area (Å²) in [5, 5.41) is 6.59. The van der Waals surface area contributed by atoms with Crippen LogP contribution in [0.5, 0.6) is 5.75 Å². The van der Waals surface area contributed by atoms with Gasteiger partial charge in [0.15, 0.2) is 0 Å². The van der Waals surface area contributed by atoms with Gasteiger partial charge in [-0.2, -0.15) is 0 Å². The molecule has 10 heteroatoms. The summed E-state index contributed by atoms with van der Waals surface area (Å²) in [6.45, 7) is 0. The Kier molecular flexibility index (Phi) is 7.22. The Bertz CT molecular complexity index is 1240. The largest absolute Gasteiger partial charge is 0.497 e. The number of benzene rings is 3. The van der Waals surface area contributed by atoms with Crippen molar-refractivity contribution in [3.8, 4) is 5.75 Å². The second-order valence-corrected chi connectivity index (χ2v) is 10.4. The van der Waals surface area contributed by atoms with Crippen molar-refractivity contribution in [3.05, 3.63) is 86.9 Å². The van der Waals surface area contributed by atoms with E-state index in [9.17, 15) is 9.59 Å². The summed E-state index contributed by atoms with van der Waals surface area (Å²) in [6, 6.07) is 16.4. The van der Waals surface area contributed by atoms with Crippen LogP contribution in [-0.2, 0) is 4.79 Å². The van der Waals surface area contributed by atoms with Gasteiger partial charge in [0, 0.05) is 27.3 Å². The lowest BCUT2D eigenvalue weighted by Crippen LogP contribution is -2.18. The molecule has 2 atom stereocenters. The lowest BCUT2D eigenvalue weighted by atomic mass is 10.1. The molecule has 1 unspecified atom stereocenters. The molecular formula is C24H17Cl5N2O3. The molecule has 0 aromatic heterocycles. The molecular weight excluding hydrogens is 542 g/mol. The zero-order valence-corrected chi connectivity index (χ0v) is 21.3. The minimum atomic E-state index is -1.32. The van der Waals surface area contributed by atoms with Crippen molar-refractivity contribution in [1.82, 2.24) is 0 Å². The van der Waals surface area contributed by atoms with Crippen molar-refractivity contribution in [2.24, 2.45) is 5.92 Å². The third kappa shape index (κ3) is 5.24. The summed E-state index contributed by atoms with van der Waals surface area (Å²) in [5.74, 6) is -1.41. The monoisotopic (exact) mass is 556 g/mol. The Morgan fingerprint density at radius 2 is 1.47 bits per heavy atom. The van der Waals surface area contributed by atoms with Gasteiger partial charge in [-0.3, -0.25) is 9.59 Å². The summed E-state index contributed by atoms with van der Waals surface area (Å²) in [5.41, 5.74) is 1.78. The molecule has 1 aliphatic carbocycles. The zero-order chi connectivity index (χ0) is 24.6. The van der Waals surface area contributed by atoms with Gasteiger partial charge in [-0.1, -0.05) is 34.8 Å². The van der Waals surface area contributed by atoms with Gasteiger partial charge in [0.05, 0.1) is 23.6 Å². The highest BCUT2D eigenvalue weighted by Crippen LogP contribution is 2.65. The first-order valence-corrected chi connectivity index (χ1v) is 11.9. The van der Waals surface area contributed by atoms with Crippen molar-refractivity contribution in [1.29, 1.82) is 0 Å². The Hall–Kier alpha value is -2.15. The third-order valence-electron chi connectivity index (χ3n) is 5.41. The fourth-order valence-corrected chi connectivity index (χ4v) is 5.27. The van der Waals surface area contributed by atoms with E-state index in [1.807, 2.05) is 0 Å². The molecule has 2 amide bonds. The van der Waals surface area contributed by atoms with Crippen molar-refractivity contribution < 1.29 is 14.3 Å². The molecule has 0 heterocycles. The molecule has 2 N–H and O–H groups in total. The molecule has 34 heavy (non-hydrogen) atoms. The molecule has 1 aliphatic rings. The normalized spacial score (nSPS) is 18.2. The number of hydrogen-bond acceptors (Lipinski definition) is 3. The molecule has 0 radical (unpaired) electrons. The number of carbonyl (C=O) groups is 2. The van der Waals surface area contributed by atoms with E-state index in [2.05, 4.69) is 10.6 Å². The number of alkyl halides is 2. The maximum atomic E-state index is 13.0. The van der Waals surface area contributed by atoms with Crippen LogP contribution in [0.3, 0.4) is 0 Å². The average Bonchev–Trinajstić information content (AvgIpc) is 3.37. The van der Waals surface area contributed by atoms with Crippen LogP contribution in [0.15, 0.2) is 60.7 Å². The maximum Gasteiger partial charge on any atom is 0.257 e. The van der Waals surface area contributed by atoms with Crippen LogP contribution in [0.1, 0.15) is 21.8 Å². The van der Waals surface area contributed by atoms with Gasteiger partial charge in [0.25, 0.3) is 5.91 Å². The van der Waals surface area contributed by atoms with Gasteiger partial charge < -0.3 is 15.4 Å². The molecule has 3 aromatic rings. The van der Waals surface area contributed by atoms with Crippen LogP contribution in [0, 0.1) is 5.92 Å². The minimum absolute atomic E-state index is 0.187. The van der Waals surface area contributed by atoms with Gasteiger partial charge in [0.2, 0.25) is 5.91 Å². The summed E-state index contributed by atoms with van der Waals surface area (Å²) in [7, 11) is 1.56. The molecule has 3 aromatic carbocycles. The fraction of sp³-hybridized carbons (Fsp3) is 0.167. The van der Waals surface area contributed by atoms with Crippen LogP contribution < -0.4 is 15.4 Å². The molecule has 5 nitrogen and oxygen atoms in total. The van der Waals surface area contributed by atoms with Crippen molar-refractivity contribution >= 4 is 81.2 Å². The highest BCUT2D eigenvalue weighted by molar-refractivity contribution is 6.53. The van der Waals surface area contributed by atoms with E-state index >= 15 is 0 Å². The van der Waals surface area contributed by atoms with Crippen LogP contribution in [-0.4, -0.2) is 23.3 Å². The summed E-state index contributed by atoms with van der Waals surface area (Å²) in [6.07, 6.45) is 0. The quantitative estimate of drug-likeness (QED) is 0.309. The molecule has 1 fully saturated rings. The van der Waals surface area contributed by atoms with Gasteiger partial charge in [-0.15, -0.1) is 23.2 Å². The minimum Gasteiger partial charge on any atom is -0.497 e. The first kappa shape index (κ1) is 25.0. The highest BCUT2D eigenvalue weighted by Gasteiger charge is 2.67.